The molecule has 3 rings (SSSR count). The molecule has 0 atom stereocenters. The number of carboxylic acids is 1. The van der Waals surface area contributed by atoms with Gasteiger partial charge in [-0.1, -0.05) is 0 Å². The first-order chi connectivity index (χ1) is 11.9. The molecule has 0 aromatic carbocycles. The number of carbonyl (C=O) groups is 1. The molecular formula is C17H24N4O3S. The number of piperazine rings is 1. The van der Waals surface area contributed by atoms with E-state index in [-0.39, 0.29) is 12.0 Å². The average molecular weight is 364 g/mol. The number of nitrogens with zero attached hydrogens (tertiary/aromatic N) is 3. The van der Waals surface area contributed by atoms with Crippen molar-refractivity contribution in [2.45, 2.75) is 33.2 Å². The summed E-state index contributed by atoms with van der Waals surface area (Å²) in [6.45, 7) is 9.10. The van der Waals surface area contributed by atoms with Crippen LogP contribution in [0.15, 0.2) is 4.79 Å². The molecule has 3 heterocycles. The molecule has 0 saturated carbocycles. The lowest BCUT2D eigenvalue weighted by Crippen LogP contribution is -2.46. The Hall–Kier alpha value is -1.77. The van der Waals surface area contributed by atoms with Gasteiger partial charge in [0.05, 0.1) is 11.9 Å². The van der Waals surface area contributed by atoms with E-state index in [1.807, 2.05) is 13.8 Å². The smallest absolute Gasteiger partial charge is 0.303 e. The fraction of sp³-hybridized carbons (Fsp3) is 0.588. The Labute approximate surface area is 150 Å². The van der Waals surface area contributed by atoms with E-state index in [1.165, 1.54) is 0 Å². The van der Waals surface area contributed by atoms with E-state index in [0.717, 1.165) is 59.2 Å². The van der Waals surface area contributed by atoms with E-state index in [0.29, 0.717) is 13.0 Å². The molecule has 0 spiro atoms. The predicted octanol–water partition coefficient (Wildman–Crippen LogP) is 1.58. The molecule has 2 N–H and O–H groups in total. The van der Waals surface area contributed by atoms with E-state index >= 15 is 0 Å². The molecule has 0 unspecified atom stereocenters. The topological polar surface area (TPSA) is 89.5 Å². The van der Waals surface area contributed by atoms with Crippen LogP contribution in [0.2, 0.25) is 0 Å². The average Bonchev–Trinajstić information content (AvgIpc) is 2.83. The summed E-state index contributed by atoms with van der Waals surface area (Å²) in [4.78, 5) is 37.0. The monoisotopic (exact) mass is 364 g/mol. The largest absolute Gasteiger partial charge is 0.481 e. The van der Waals surface area contributed by atoms with Crippen molar-refractivity contribution in [1.29, 1.82) is 0 Å². The first kappa shape index (κ1) is 18.0. The third kappa shape index (κ3) is 4.26. The maximum Gasteiger partial charge on any atom is 0.303 e. The van der Waals surface area contributed by atoms with Gasteiger partial charge in [0.2, 0.25) is 0 Å². The minimum Gasteiger partial charge on any atom is -0.481 e. The molecule has 1 aliphatic heterocycles. The Bertz CT molecular complexity index is 821. The number of carboxylic acid groups (broad SMARTS) is 1. The van der Waals surface area contributed by atoms with Crippen LogP contribution in [0, 0.1) is 13.8 Å². The number of hydrogen-bond donors (Lipinski definition) is 2. The van der Waals surface area contributed by atoms with Crippen molar-refractivity contribution in [2.24, 2.45) is 0 Å². The van der Waals surface area contributed by atoms with Crippen LogP contribution in [0.5, 0.6) is 0 Å². The number of nitrogens with one attached hydrogen (secondary N) is 1. The van der Waals surface area contributed by atoms with Crippen LogP contribution >= 0.6 is 11.3 Å². The molecule has 2 aromatic rings. The summed E-state index contributed by atoms with van der Waals surface area (Å²) in [6, 6.07) is 0. The number of thiophene rings is 1. The Kier molecular flexibility index (Phi) is 5.51. The van der Waals surface area contributed by atoms with Gasteiger partial charge in [-0.05, 0) is 32.4 Å². The number of H-pyrrole nitrogens is 1. The molecule has 2 aromatic heterocycles. The van der Waals surface area contributed by atoms with Crippen molar-refractivity contribution < 1.29 is 9.90 Å². The molecule has 0 radical (unpaired) electrons. The second-order valence-corrected chi connectivity index (χ2v) is 7.79. The lowest BCUT2D eigenvalue weighted by Gasteiger charge is -2.34. The number of hydrogen-bond acceptors (Lipinski definition) is 6. The van der Waals surface area contributed by atoms with Crippen LogP contribution < -0.4 is 5.56 Å². The molecular weight excluding hydrogens is 340 g/mol. The van der Waals surface area contributed by atoms with Gasteiger partial charge < -0.3 is 15.0 Å². The first-order valence-corrected chi connectivity index (χ1v) is 9.41. The van der Waals surface area contributed by atoms with Crippen LogP contribution in [0.1, 0.15) is 29.1 Å². The Morgan fingerprint density at radius 2 is 1.92 bits per heavy atom. The van der Waals surface area contributed by atoms with Crippen LogP contribution in [0.4, 0.5) is 0 Å². The number of aromatic nitrogens is 2. The third-order valence-electron chi connectivity index (χ3n) is 4.79. The van der Waals surface area contributed by atoms with Gasteiger partial charge in [0, 0.05) is 37.5 Å². The summed E-state index contributed by atoms with van der Waals surface area (Å²) in [5, 5.41) is 9.42. The SMILES string of the molecule is Cc1sc2nc(CN3CCN(CCCC(=O)O)CC3)[nH]c(=O)c2c1C. The molecule has 1 saturated heterocycles. The van der Waals surface area contributed by atoms with Gasteiger partial charge >= 0.3 is 5.97 Å². The number of rotatable bonds is 6. The third-order valence-corrected chi connectivity index (χ3v) is 5.89. The molecule has 0 aliphatic carbocycles. The number of aromatic amines is 1. The molecule has 7 nitrogen and oxygen atoms in total. The molecule has 0 amide bonds. The van der Waals surface area contributed by atoms with Gasteiger partial charge in [0.15, 0.2) is 0 Å². The second kappa shape index (κ2) is 7.63. The Morgan fingerprint density at radius 3 is 2.60 bits per heavy atom. The number of aliphatic carboxylic acids is 1. The predicted molar refractivity (Wildman–Crippen MR) is 98.3 cm³/mol. The molecule has 0 bridgehead atoms. The summed E-state index contributed by atoms with van der Waals surface area (Å²) >= 11 is 1.58. The fourth-order valence-corrected chi connectivity index (χ4v) is 4.26. The summed E-state index contributed by atoms with van der Waals surface area (Å²) in [5.41, 5.74) is 0.976. The normalized spacial score (nSPS) is 16.6. The molecule has 1 fully saturated rings. The van der Waals surface area contributed by atoms with Crippen LogP contribution in [0.3, 0.4) is 0 Å². The zero-order valence-corrected chi connectivity index (χ0v) is 15.5. The van der Waals surface area contributed by atoms with Crippen molar-refractivity contribution in [3.8, 4) is 0 Å². The van der Waals surface area contributed by atoms with Crippen molar-refractivity contribution in [3.63, 3.8) is 0 Å². The van der Waals surface area contributed by atoms with Gasteiger partial charge in [-0.25, -0.2) is 4.98 Å². The second-order valence-electron chi connectivity index (χ2n) is 6.59. The minimum absolute atomic E-state index is 0.0471. The van der Waals surface area contributed by atoms with E-state index < -0.39 is 5.97 Å². The van der Waals surface area contributed by atoms with Crippen molar-refractivity contribution in [3.05, 3.63) is 26.6 Å². The minimum atomic E-state index is -0.733. The molecule has 136 valence electrons. The highest BCUT2D eigenvalue weighted by molar-refractivity contribution is 7.18. The zero-order chi connectivity index (χ0) is 18.0. The van der Waals surface area contributed by atoms with Crippen LogP contribution in [-0.4, -0.2) is 63.6 Å². The Balaban J connectivity index is 1.58. The first-order valence-electron chi connectivity index (χ1n) is 8.59. The van der Waals surface area contributed by atoms with Crippen LogP contribution in [0.25, 0.3) is 10.2 Å². The van der Waals surface area contributed by atoms with Gasteiger partial charge in [0.25, 0.3) is 5.56 Å². The van der Waals surface area contributed by atoms with Crippen LogP contribution in [-0.2, 0) is 11.3 Å². The van der Waals surface area contributed by atoms with Gasteiger partial charge in [0.1, 0.15) is 10.7 Å². The standard InChI is InChI=1S/C17H24N4O3S/c1-11-12(2)25-17-15(11)16(24)18-13(19-17)10-21-8-6-20(7-9-21)5-3-4-14(22)23/h3-10H2,1-2H3,(H,22,23)(H,18,19,24). The van der Waals surface area contributed by atoms with Crippen molar-refractivity contribution in [2.75, 3.05) is 32.7 Å². The van der Waals surface area contributed by atoms with E-state index in [1.54, 1.807) is 11.3 Å². The zero-order valence-electron chi connectivity index (χ0n) is 14.7. The summed E-state index contributed by atoms with van der Waals surface area (Å²) in [6.07, 6.45) is 0.920. The highest BCUT2D eigenvalue weighted by Gasteiger charge is 2.19. The summed E-state index contributed by atoms with van der Waals surface area (Å²) in [5.74, 6) is -0.0128. The summed E-state index contributed by atoms with van der Waals surface area (Å²) in [7, 11) is 0. The fourth-order valence-electron chi connectivity index (χ4n) is 3.21. The van der Waals surface area contributed by atoms with Crippen molar-refractivity contribution >= 4 is 27.5 Å². The van der Waals surface area contributed by atoms with E-state index in [4.69, 9.17) is 5.11 Å². The maximum atomic E-state index is 12.3. The number of aryl methyl sites for hydroxylation is 2. The van der Waals surface area contributed by atoms with E-state index in [2.05, 4.69) is 19.8 Å². The lowest BCUT2D eigenvalue weighted by atomic mass is 10.2. The van der Waals surface area contributed by atoms with Gasteiger partial charge in [-0.15, -0.1) is 11.3 Å². The van der Waals surface area contributed by atoms with E-state index in [9.17, 15) is 9.59 Å². The highest BCUT2D eigenvalue weighted by Crippen LogP contribution is 2.25. The van der Waals surface area contributed by atoms with Crippen molar-refractivity contribution in [1.82, 2.24) is 19.8 Å². The summed E-state index contributed by atoms with van der Waals surface area (Å²) < 4.78 is 0. The maximum absolute atomic E-state index is 12.3. The Morgan fingerprint density at radius 1 is 1.24 bits per heavy atom. The van der Waals surface area contributed by atoms with Gasteiger partial charge in [-0.3, -0.25) is 14.5 Å². The molecule has 8 heteroatoms. The number of fused-ring (bicyclic) bond motifs is 1. The van der Waals surface area contributed by atoms with Gasteiger partial charge in [-0.2, -0.15) is 0 Å². The molecule has 1 aliphatic rings. The molecule has 25 heavy (non-hydrogen) atoms. The highest BCUT2D eigenvalue weighted by atomic mass is 32.1. The lowest BCUT2D eigenvalue weighted by molar-refractivity contribution is -0.137. The quantitative estimate of drug-likeness (QED) is 0.809.